The molecule has 0 radical (unpaired) electrons. The normalized spacial score (nSPS) is 16.1. The number of aliphatic hydroxyl groups excluding tert-OH is 1. The van der Waals surface area contributed by atoms with E-state index in [2.05, 4.69) is 10.3 Å². The number of hydrogen-bond acceptors (Lipinski definition) is 4. The molecule has 0 bridgehead atoms. The highest BCUT2D eigenvalue weighted by atomic mass is 16.5. The molecule has 1 aliphatic rings. The smallest absolute Gasteiger partial charge is 0.224 e. The SMILES string of the molecule is O=C(Cc1cccnc1)NCC(O)COCC1CC1. The minimum Gasteiger partial charge on any atom is -0.389 e. The summed E-state index contributed by atoms with van der Waals surface area (Å²) in [6.45, 7) is 1.23. The van der Waals surface area contributed by atoms with Crippen LogP contribution in [0.2, 0.25) is 0 Å². The van der Waals surface area contributed by atoms with Crippen LogP contribution in [-0.4, -0.2) is 41.9 Å². The summed E-state index contributed by atoms with van der Waals surface area (Å²) in [5.41, 5.74) is 0.861. The Kier molecular flexibility index (Phi) is 5.30. The number of aliphatic hydroxyl groups is 1. The lowest BCUT2D eigenvalue weighted by molar-refractivity contribution is -0.121. The minimum absolute atomic E-state index is 0.116. The first-order chi connectivity index (χ1) is 9.24. The van der Waals surface area contributed by atoms with Gasteiger partial charge < -0.3 is 15.2 Å². The summed E-state index contributed by atoms with van der Waals surface area (Å²) in [5, 5.41) is 12.3. The molecule has 0 aliphatic heterocycles. The molecule has 1 saturated carbocycles. The Bertz CT molecular complexity index is 393. The predicted octanol–water partition coefficient (Wildman–Crippen LogP) is 0.528. The lowest BCUT2D eigenvalue weighted by Crippen LogP contribution is -2.35. The zero-order valence-corrected chi connectivity index (χ0v) is 10.9. The molecular formula is C14H20N2O3. The van der Waals surface area contributed by atoms with E-state index in [0.29, 0.717) is 5.92 Å². The van der Waals surface area contributed by atoms with Crippen molar-refractivity contribution in [2.75, 3.05) is 19.8 Å². The van der Waals surface area contributed by atoms with Gasteiger partial charge in [0.1, 0.15) is 0 Å². The second kappa shape index (κ2) is 7.21. The van der Waals surface area contributed by atoms with Crippen LogP contribution in [0.4, 0.5) is 0 Å². The largest absolute Gasteiger partial charge is 0.389 e. The van der Waals surface area contributed by atoms with Gasteiger partial charge in [-0.1, -0.05) is 6.07 Å². The van der Waals surface area contributed by atoms with Gasteiger partial charge in [-0.15, -0.1) is 0 Å². The number of nitrogens with zero attached hydrogens (tertiary/aromatic N) is 1. The van der Waals surface area contributed by atoms with Crippen molar-refractivity contribution in [2.24, 2.45) is 5.92 Å². The third-order valence-corrected chi connectivity index (χ3v) is 2.98. The molecule has 0 spiro atoms. The average molecular weight is 264 g/mol. The molecule has 1 fully saturated rings. The van der Waals surface area contributed by atoms with E-state index in [-0.39, 0.29) is 25.5 Å². The molecule has 1 aromatic rings. The van der Waals surface area contributed by atoms with Crippen LogP contribution in [0.3, 0.4) is 0 Å². The first kappa shape index (κ1) is 14.0. The Morgan fingerprint density at radius 2 is 2.42 bits per heavy atom. The van der Waals surface area contributed by atoms with Crippen molar-refractivity contribution in [1.29, 1.82) is 0 Å². The van der Waals surface area contributed by atoms with E-state index in [1.54, 1.807) is 18.5 Å². The van der Waals surface area contributed by atoms with Crippen LogP contribution < -0.4 is 5.32 Å². The van der Waals surface area contributed by atoms with Crippen molar-refractivity contribution >= 4 is 5.91 Å². The summed E-state index contributed by atoms with van der Waals surface area (Å²) in [7, 11) is 0. The predicted molar refractivity (Wildman–Crippen MR) is 70.5 cm³/mol. The molecule has 2 rings (SSSR count). The van der Waals surface area contributed by atoms with E-state index < -0.39 is 6.10 Å². The van der Waals surface area contributed by atoms with Crippen LogP contribution in [0, 0.1) is 5.92 Å². The molecule has 5 heteroatoms. The molecule has 19 heavy (non-hydrogen) atoms. The van der Waals surface area contributed by atoms with Gasteiger partial charge in [0.05, 0.1) is 19.1 Å². The summed E-state index contributed by atoms with van der Waals surface area (Å²) in [5.74, 6) is 0.571. The average Bonchev–Trinajstić information content (AvgIpc) is 3.22. The van der Waals surface area contributed by atoms with Crippen molar-refractivity contribution in [3.63, 3.8) is 0 Å². The third-order valence-electron chi connectivity index (χ3n) is 2.98. The Morgan fingerprint density at radius 3 is 3.11 bits per heavy atom. The second-order valence-corrected chi connectivity index (χ2v) is 4.98. The van der Waals surface area contributed by atoms with Crippen molar-refractivity contribution in [1.82, 2.24) is 10.3 Å². The lowest BCUT2D eigenvalue weighted by Gasteiger charge is -2.12. The van der Waals surface area contributed by atoms with Gasteiger partial charge in [-0.3, -0.25) is 9.78 Å². The fourth-order valence-corrected chi connectivity index (χ4v) is 1.70. The molecule has 1 amide bonds. The van der Waals surface area contributed by atoms with Crippen molar-refractivity contribution in [3.05, 3.63) is 30.1 Å². The standard InChI is InChI=1S/C14H20N2O3/c17-13(10-19-9-11-3-4-11)8-16-14(18)6-12-2-1-5-15-7-12/h1-2,5,7,11,13,17H,3-4,6,8-10H2,(H,16,18). The van der Waals surface area contributed by atoms with E-state index in [9.17, 15) is 9.90 Å². The van der Waals surface area contributed by atoms with Crippen molar-refractivity contribution < 1.29 is 14.6 Å². The Hall–Kier alpha value is -1.46. The fraction of sp³-hybridized carbons (Fsp3) is 0.571. The van der Waals surface area contributed by atoms with E-state index in [4.69, 9.17) is 4.74 Å². The molecule has 1 atom stereocenters. The number of rotatable bonds is 8. The van der Waals surface area contributed by atoms with Crippen LogP contribution in [0.1, 0.15) is 18.4 Å². The number of hydrogen-bond donors (Lipinski definition) is 2. The molecule has 1 aromatic heterocycles. The van der Waals surface area contributed by atoms with Crippen LogP contribution in [-0.2, 0) is 16.0 Å². The molecule has 1 unspecified atom stereocenters. The monoisotopic (exact) mass is 264 g/mol. The first-order valence-electron chi connectivity index (χ1n) is 6.65. The Morgan fingerprint density at radius 1 is 1.58 bits per heavy atom. The highest BCUT2D eigenvalue weighted by Gasteiger charge is 2.21. The molecular weight excluding hydrogens is 244 g/mol. The van der Waals surface area contributed by atoms with Crippen molar-refractivity contribution in [3.8, 4) is 0 Å². The highest BCUT2D eigenvalue weighted by molar-refractivity contribution is 5.78. The first-order valence-corrected chi connectivity index (χ1v) is 6.65. The van der Waals surface area contributed by atoms with Gasteiger partial charge in [-0.05, 0) is 30.4 Å². The number of aromatic nitrogens is 1. The Labute approximate surface area is 113 Å². The highest BCUT2D eigenvalue weighted by Crippen LogP contribution is 2.28. The summed E-state index contributed by atoms with van der Waals surface area (Å²) in [4.78, 5) is 15.6. The van der Waals surface area contributed by atoms with E-state index in [1.165, 1.54) is 12.8 Å². The summed E-state index contributed by atoms with van der Waals surface area (Å²) >= 11 is 0. The van der Waals surface area contributed by atoms with Gasteiger partial charge >= 0.3 is 0 Å². The van der Waals surface area contributed by atoms with Gasteiger partial charge in [0.2, 0.25) is 5.91 Å². The van der Waals surface area contributed by atoms with Gasteiger partial charge in [0.15, 0.2) is 0 Å². The molecule has 0 saturated heterocycles. The molecule has 2 N–H and O–H groups in total. The van der Waals surface area contributed by atoms with Crippen LogP contribution in [0.5, 0.6) is 0 Å². The summed E-state index contributed by atoms with van der Waals surface area (Å²) in [6, 6.07) is 3.64. The van der Waals surface area contributed by atoms with Gasteiger partial charge in [0.25, 0.3) is 0 Å². The zero-order chi connectivity index (χ0) is 13.5. The molecule has 104 valence electrons. The van der Waals surface area contributed by atoms with Crippen LogP contribution >= 0.6 is 0 Å². The fourth-order valence-electron chi connectivity index (χ4n) is 1.70. The number of pyridine rings is 1. The maximum atomic E-state index is 11.6. The number of ether oxygens (including phenoxy) is 1. The van der Waals surface area contributed by atoms with Crippen LogP contribution in [0.25, 0.3) is 0 Å². The number of carbonyl (C=O) groups is 1. The summed E-state index contributed by atoms with van der Waals surface area (Å²) < 4.78 is 5.36. The maximum absolute atomic E-state index is 11.6. The molecule has 0 aromatic carbocycles. The van der Waals surface area contributed by atoms with Gasteiger partial charge in [-0.2, -0.15) is 0 Å². The van der Waals surface area contributed by atoms with Crippen molar-refractivity contribution in [2.45, 2.75) is 25.4 Å². The topological polar surface area (TPSA) is 71.5 Å². The van der Waals surface area contributed by atoms with Gasteiger partial charge in [-0.25, -0.2) is 0 Å². The molecule has 1 aliphatic carbocycles. The quantitative estimate of drug-likeness (QED) is 0.718. The second-order valence-electron chi connectivity index (χ2n) is 4.98. The third kappa shape index (κ3) is 5.81. The Balaban J connectivity index is 1.57. The maximum Gasteiger partial charge on any atom is 0.224 e. The van der Waals surface area contributed by atoms with Gasteiger partial charge in [0, 0.05) is 25.5 Å². The zero-order valence-electron chi connectivity index (χ0n) is 10.9. The van der Waals surface area contributed by atoms with E-state index in [1.807, 2.05) is 6.07 Å². The minimum atomic E-state index is -0.642. The van der Waals surface area contributed by atoms with E-state index >= 15 is 0 Å². The number of nitrogens with one attached hydrogen (secondary N) is 1. The van der Waals surface area contributed by atoms with Crippen LogP contribution in [0.15, 0.2) is 24.5 Å². The summed E-state index contributed by atoms with van der Waals surface area (Å²) in [6.07, 6.45) is 5.44. The van der Waals surface area contributed by atoms with E-state index in [0.717, 1.165) is 12.2 Å². The molecule has 5 nitrogen and oxygen atoms in total. The number of carbonyl (C=O) groups excluding carboxylic acids is 1. The molecule has 1 heterocycles. The number of amides is 1. The lowest BCUT2D eigenvalue weighted by atomic mass is 10.2.